The molecule has 3 heteroatoms. The Labute approximate surface area is 374 Å². The smallest absolute Gasteiger partial charge is 0.0744 e. The third kappa shape index (κ3) is 8.52. The second-order valence-corrected chi connectivity index (χ2v) is 17.0. The summed E-state index contributed by atoms with van der Waals surface area (Å²) in [7, 11) is 0. The van der Waals surface area contributed by atoms with E-state index in [9.17, 15) is 0 Å². The maximum atomic E-state index is 5.21. The van der Waals surface area contributed by atoms with E-state index in [-0.39, 0.29) is 0 Å². The van der Waals surface area contributed by atoms with E-state index in [0.717, 1.165) is 45.0 Å². The van der Waals surface area contributed by atoms with E-state index in [1.807, 2.05) is 12.1 Å². The standard InChI is InChI=1S/C60H44N2S/c1-41-55(47-15-7-3-8-16-47)39-57(49-19-11-5-12-20-49)61-59(41)51-27-23-43(24-28-51)45-31-35-53(36-32-45)63-54-37-33-46(34-38-54)44-25-29-52(30-26-44)60-42(2)56(48-17-9-4-10-18-48)40-58(62-60)50-21-13-6-14-22-50/h3-40H,1-2H3. The zero-order valence-electron chi connectivity index (χ0n) is 35.2. The number of pyridine rings is 2. The first-order chi connectivity index (χ1) is 31.0. The Bertz CT molecular complexity index is 2910. The van der Waals surface area contributed by atoms with Crippen molar-refractivity contribution in [1.82, 2.24) is 9.97 Å². The van der Waals surface area contributed by atoms with Gasteiger partial charge in [-0.15, -0.1) is 0 Å². The van der Waals surface area contributed by atoms with Crippen LogP contribution in [0.1, 0.15) is 11.1 Å². The van der Waals surface area contributed by atoms with Crippen molar-refractivity contribution in [3.63, 3.8) is 0 Å². The van der Waals surface area contributed by atoms with Gasteiger partial charge < -0.3 is 0 Å². The highest BCUT2D eigenvalue weighted by Crippen LogP contribution is 2.38. The predicted octanol–water partition coefficient (Wildman–Crippen LogP) is 16.6. The Morgan fingerprint density at radius 1 is 0.270 bits per heavy atom. The van der Waals surface area contributed by atoms with Gasteiger partial charge in [0, 0.05) is 32.0 Å². The molecular formula is C60H44N2S. The summed E-state index contributed by atoms with van der Waals surface area (Å²) in [6.07, 6.45) is 0. The molecule has 0 aliphatic carbocycles. The fourth-order valence-corrected chi connectivity index (χ4v) is 9.15. The maximum Gasteiger partial charge on any atom is 0.0744 e. The lowest BCUT2D eigenvalue weighted by atomic mass is 9.94. The van der Waals surface area contributed by atoms with E-state index in [1.165, 1.54) is 65.4 Å². The molecule has 0 amide bonds. The average molecular weight is 825 g/mol. The Morgan fingerprint density at radius 3 is 0.857 bits per heavy atom. The highest BCUT2D eigenvalue weighted by Gasteiger charge is 2.16. The van der Waals surface area contributed by atoms with Crippen LogP contribution in [0.5, 0.6) is 0 Å². The monoisotopic (exact) mass is 824 g/mol. The quantitative estimate of drug-likeness (QED) is 0.137. The summed E-state index contributed by atoms with van der Waals surface area (Å²) >= 11 is 1.78. The lowest BCUT2D eigenvalue weighted by Crippen LogP contribution is -1.96. The number of hydrogen-bond acceptors (Lipinski definition) is 3. The molecule has 10 rings (SSSR count). The van der Waals surface area contributed by atoms with Gasteiger partial charge in [0.1, 0.15) is 0 Å². The summed E-state index contributed by atoms with van der Waals surface area (Å²) in [6.45, 7) is 4.36. The topological polar surface area (TPSA) is 25.8 Å². The van der Waals surface area contributed by atoms with Crippen molar-refractivity contribution < 1.29 is 0 Å². The molecule has 8 aromatic carbocycles. The largest absolute Gasteiger partial charge is 0.247 e. The van der Waals surface area contributed by atoms with Crippen LogP contribution in [-0.4, -0.2) is 9.97 Å². The van der Waals surface area contributed by atoms with Gasteiger partial charge in [0.15, 0.2) is 0 Å². The second kappa shape index (κ2) is 17.8. The van der Waals surface area contributed by atoms with Gasteiger partial charge in [-0.05, 0) is 106 Å². The number of hydrogen-bond donors (Lipinski definition) is 0. The molecule has 0 N–H and O–H groups in total. The zero-order chi connectivity index (χ0) is 42.5. The van der Waals surface area contributed by atoms with E-state index in [0.29, 0.717) is 0 Å². The minimum Gasteiger partial charge on any atom is -0.247 e. The van der Waals surface area contributed by atoms with E-state index in [2.05, 4.69) is 232 Å². The molecule has 63 heavy (non-hydrogen) atoms. The van der Waals surface area contributed by atoms with Gasteiger partial charge in [0.25, 0.3) is 0 Å². The van der Waals surface area contributed by atoms with Gasteiger partial charge in [0.05, 0.1) is 22.8 Å². The van der Waals surface area contributed by atoms with E-state index in [1.54, 1.807) is 11.8 Å². The molecule has 300 valence electrons. The summed E-state index contributed by atoms with van der Waals surface area (Å²) in [5.74, 6) is 0. The van der Waals surface area contributed by atoms with Crippen molar-refractivity contribution in [2.45, 2.75) is 23.6 Å². The summed E-state index contributed by atoms with van der Waals surface area (Å²) in [5.41, 5.74) is 20.3. The normalized spacial score (nSPS) is 11.1. The zero-order valence-corrected chi connectivity index (χ0v) is 36.1. The fourth-order valence-electron chi connectivity index (χ4n) is 8.34. The summed E-state index contributed by atoms with van der Waals surface area (Å²) < 4.78 is 0. The van der Waals surface area contributed by atoms with Crippen LogP contribution in [0.4, 0.5) is 0 Å². The molecule has 2 heterocycles. The number of rotatable bonds is 10. The van der Waals surface area contributed by atoms with E-state index >= 15 is 0 Å². The summed E-state index contributed by atoms with van der Waals surface area (Å²) in [5, 5.41) is 0. The first-order valence-electron chi connectivity index (χ1n) is 21.4. The first-order valence-corrected chi connectivity index (χ1v) is 22.2. The molecule has 0 spiro atoms. The van der Waals surface area contributed by atoms with Gasteiger partial charge >= 0.3 is 0 Å². The molecule has 0 radical (unpaired) electrons. The summed E-state index contributed by atoms with van der Waals surface area (Å²) in [4.78, 5) is 12.8. The Kier molecular flexibility index (Phi) is 11.2. The van der Waals surface area contributed by atoms with Crippen LogP contribution >= 0.6 is 11.8 Å². The number of aromatic nitrogens is 2. The highest BCUT2D eigenvalue weighted by molar-refractivity contribution is 7.99. The third-order valence-electron chi connectivity index (χ3n) is 11.8. The van der Waals surface area contributed by atoms with E-state index < -0.39 is 0 Å². The van der Waals surface area contributed by atoms with Crippen LogP contribution in [0.25, 0.3) is 89.5 Å². The Hall–Kier alpha value is -7.59. The Balaban J connectivity index is 0.843. The van der Waals surface area contributed by atoms with Crippen LogP contribution in [0, 0.1) is 13.8 Å². The molecule has 2 nitrogen and oxygen atoms in total. The van der Waals surface area contributed by atoms with Crippen molar-refractivity contribution >= 4 is 11.8 Å². The number of nitrogens with zero attached hydrogens (tertiary/aromatic N) is 2. The van der Waals surface area contributed by atoms with Crippen LogP contribution in [-0.2, 0) is 0 Å². The van der Waals surface area contributed by atoms with Crippen molar-refractivity contribution in [3.05, 3.63) is 242 Å². The SMILES string of the molecule is Cc1c(-c2ccccc2)cc(-c2ccccc2)nc1-c1ccc(-c2ccc(Sc3ccc(-c4ccc(-c5nc(-c6ccccc6)cc(-c6ccccc6)c5C)cc4)cc3)cc2)cc1. The summed E-state index contributed by atoms with van der Waals surface area (Å²) in [6, 6.07) is 81.9. The van der Waals surface area contributed by atoms with Crippen LogP contribution in [0.2, 0.25) is 0 Å². The molecule has 0 unspecified atom stereocenters. The first kappa shape index (κ1) is 39.5. The molecule has 0 atom stereocenters. The molecule has 0 bridgehead atoms. The van der Waals surface area contributed by atoms with Gasteiger partial charge in [-0.1, -0.05) is 206 Å². The maximum absolute atomic E-state index is 5.21. The third-order valence-corrected chi connectivity index (χ3v) is 12.8. The fraction of sp³-hybridized carbons (Fsp3) is 0.0333. The van der Waals surface area contributed by atoms with E-state index in [4.69, 9.17) is 9.97 Å². The predicted molar refractivity (Wildman–Crippen MR) is 266 cm³/mol. The lowest BCUT2D eigenvalue weighted by Gasteiger charge is -2.15. The molecule has 0 aliphatic heterocycles. The molecule has 0 fully saturated rings. The van der Waals surface area contributed by atoms with Crippen molar-refractivity contribution in [1.29, 1.82) is 0 Å². The number of benzene rings is 8. The molecule has 0 aliphatic rings. The van der Waals surface area contributed by atoms with Crippen LogP contribution in [0.15, 0.2) is 240 Å². The van der Waals surface area contributed by atoms with Crippen LogP contribution < -0.4 is 0 Å². The Morgan fingerprint density at radius 2 is 0.540 bits per heavy atom. The minimum absolute atomic E-state index is 0.975. The van der Waals surface area contributed by atoms with Gasteiger partial charge in [-0.25, -0.2) is 9.97 Å². The van der Waals surface area contributed by atoms with Gasteiger partial charge in [-0.2, -0.15) is 0 Å². The molecule has 0 saturated heterocycles. The van der Waals surface area contributed by atoms with Crippen LogP contribution in [0.3, 0.4) is 0 Å². The molecule has 2 aromatic heterocycles. The molecular weight excluding hydrogens is 781 g/mol. The van der Waals surface area contributed by atoms with Gasteiger partial charge in [0.2, 0.25) is 0 Å². The molecule has 0 saturated carbocycles. The highest BCUT2D eigenvalue weighted by atomic mass is 32.2. The lowest BCUT2D eigenvalue weighted by molar-refractivity contribution is 1.27. The average Bonchev–Trinajstić information content (AvgIpc) is 3.36. The van der Waals surface area contributed by atoms with Crippen molar-refractivity contribution in [2.75, 3.05) is 0 Å². The molecule has 10 aromatic rings. The van der Waals surface area contributed by atoms with Gasteiger partial charge in [-0.3, -0.25) is 0 Å². The van der Waals surface area contributed by atoms with Crippen molar-refractivity contribution in [3.8, 4) is 89.5 Å². The van der Waals surface area contributed by atoms with Crippen molar-refractivity contribution in [2.24, 2.45) is 0 Å². The minimum atomic E-state index is 0.975. The second-order valence-electron chi connectivity index (χ2n) is 15.8.